The Balaban J connectivity index is 1.35. The van der Waals surface area contributed by atoms with Gasteiger partial charge >= 0.3 is 0 Å². The number of aromatic nitrogens is 1. The molecule has 0 bridgehead atoms. The molecule has 1 aromatic heterocycles. The van der Waals surface area contributed by atoms with E-state index in [4.69, 9.17) is 4.74 Å². The lowest BCUT2D eigenvalue weighted by Gasteiger charge is -2.34. The van der Waals surface area contributed by atoms with E-state index in [2.05, 4.69) is 25.8 Å². The molecular formula is C19H20BrN3O2. The molecule has 1 saturated heterocycles. The molecule has 25 heavy (non-hydrogen) atoms. The Labute approximate surface area is 155 Å². The summed E-state index contributed by atoms with van der Waals surface area (Å²) in [6.45, 7) is 4.79. The molecule has 5 nitrogen and oxygen atoms in total. The fraction of sp³-hybridized carbons (Fsp3) is 0.368. The monoisotopic (exact) mass is 401 g/mol. The highest BCUT2D eigenvalue weighted by molar-refractivity contribution is 9.10. The van der Waals surface area contributed by atoms with Crippen LogP contribution in [0.15, 0.2) is 41.0 Å². The Kier molecular flexibility index (Phi) is 4.72. The second kappa shape index (κ2) is 7.14. The van der Waals surface area contributed by atoms with Crippen molar-refractivity contribution in [1.82, 2.24) is 14.8 Å². The van der Waals surface area contributed by atoms with Crippen LogP contribution in [0.4, 0.5) is 0 Å². The fourth-order valence-corrected chi connectivity index (χ4v) is 3.57. The zero-order valence-corrected chi connectivity index (χ0v) is 15.5. The largest absolute Gasteiger partial charge is 0.493 e. The van der Waals surface area contributed by atoms with Crippen molar-refractivity contribution in [2.45, 2.75) is 13.0 Å². The third-order valence-electron chi connectivity index (χ3n) is 4.77. The molecule has 4 rings (SSSR count). The smallest absolute Gasteiger partial charge is 0.253 e. The lowest BCUT2D eigenvalue weighted by atomic mass is 10.1. The zero-order valence-electron chi connectivity index (χ0n) is 13.9. The minimum Gasteiger partial charge on any atom is -0.493 e. The molecule has 0 saturated carbocycles. The summed E-state index contributed by atoms with van der Waals surface area (Å²) in [7, 11) is 0. The summed E-state index contributed by atoms with van der Waals surface area (Å²) in [5, 5.41) is 0. The summed E-state index contributed by atoms with van der Waals surface area (Å²) in [6.07, 6.45) is 2.72. The predicted molar refractivity (Wildman–Crippen MR) is 98.8 cm³/mol. The molecule has 1 amide bonds. The molecule has 0 radical (unpaired) electrons. The molecular weight excluding hydrogens is 382 g/mol. The Morgan fingerprint density at radius 3 is 2.76 bits per heavy atom. The van der Waals surface area contributed by atoms with E-state index in [-0.39, 0.29) is 5.91 Å². The van der Waals surface area contributed by atoms with Crippen LogP contribution in [-0.4, -0.2) is 53.5 Å². The van der Waals surface area contributed by atoms with Gasteiger partial charge in [-0.05, 0) is 51.8 Å². The molecule has 3 heterocycles. The van der Waals surface area contributed by atoms with Gasteiger partial charge in [-0.1, -0.05) is 0 Å². The first kappa shape index (κ1) is 16.5. The first-order chi connectivity index (χ1) is 12.2. The van der Waals surface area contributed by atoms with Gasteiger partial charge in [0, 0.05) is 55.4 Å². The van der Waals surface area contributed by atoms with E-state index >= 15 is 0 Å². The van der Waals surface area contributed by atoms with Crippen molar-refractivity contribution >= 4 is 21.8 Å². The number of rotatable bonds is 3. The van der Waals surface area contributed by atoms with Crippen molar-refractivity contribution in [2.24, 2.45) is 0 Å². The topological polar surface area (TPSA) is 45.7 Å². The highest BCUT2D eigenvalue weighted by Crippen LogP contribution is 2.26. The van der Waals surface area contributed by atoms with Crippen LogP contribution in [0.3, 0.4) is 0 Å². The Morgan fingerprint density at radius 2 is 2.00 bits per heavy atom. The SMILES string of the molecule is O=C(c1ccc2c(c1)CCO2)N1CCN(Cc2ccc(Br)cn2)CC1. The van der Waals surface area contributed by atoms with Crippen LogP contribution in [0.1, 0.15) is 21.6 Å². The van der Waals surface area contributed by atoms with Crippen LogP contribution >= 0.6 is 15.9 Å². The molecule has 2 aliphatic rings. The van der Waals surface area contributed by atoms with Gasteiger partial charge in [0.05, 0.1) is 12.3 Å². The molecule has 0 aliphatic carbocycles. The average molecular weight is 402 g/mol. The maximum absolute atomic E-state index is 12.8. The van der Waals surface area contributed by atoms with E-state index in [9.17, 15) is 4.79 Å². The maximum atomic E-state index is 12.8. The maximum Gasteiger partial charge on any atom is 0.253 e. The Hall–Kier alpha value is -1.92. The van der Waals surface area contributed by atoms with Crippen molar-refractivity contribution < 1.29 is 9.53 Å². The van der Waals surface area contributed by atoms with Gasteiger partial charge in [0.1, 0.15) is 5.75 Å². The number of hydrogen-bond acceptors (Lipinski definition) is 4. The van der Waals surface area contributed by atoms with E-state index in [0.29, 0.717) is 0 Å². The number of carbonyl (C=O) groups is 1. The number of fused-ring (bicyclic) bond motifs is 1. The molecule has 0 atom stereocenters. The second-order valence-corrected chi connectivity index (χ2v) is 7.37. The highest BCUT2D eigenvalue weighted by Gasteiger charge is 2.23. The number of halogens is 1. The molecule has 1 fully saturated rings. The zero-order chi connectivity index (χ0) is 17.2. The fourth-order valence-electron chi connectivity index (χ4n) is 3.34. The van der Waals surface area contributed by atoms with Crippen molar-refractivity contribution in [3.8, 4) is 5.75 Å². The number of hydrogen-bond donors (Lipinski definition) is 0. The van der Waals surface area contributed by atoms with E-state index in [1.54, 1.807) is 0 Å². The molecule has 0 unspecified atom stereocenters. The van der Waals surface area contributed by atoms with Crippen molar-refractivity contribution in [1.29, 1.82) is 0 Å². The van der Waals surface area contributed by atoms with Gasteiger partial charge in [0.15, 0.2) is 0 Å². The van der Waals surface area contributed by atoms with Gasteiger partial charge in [0.2, 0.25) is 0 Å². The quantitative estimate of drug-likeness (QED) is 0.792. The third kappa shape index (κ3) is 3.70. The standard InChI is InChI=1S/C19H20BrN3O2/c20-16-2-3-17(21-12-16)13-22-6-8-23(9-7-22)19(24)15-1-4-18-14(11-15)5-10-25-18/h1-4,11-12H,5-10,13H2. The lowest BCUT2D eigenvalue weighted by Crippen LogP contribution is -2.48. The van der Waals surface area contributed by atoms with Crippen LogP contribution in [-0.2, 0) is 13.0 Å². The number of pyridine rings is 1. The van der Waals surface area contributed by atoms with Gasteiger partial charge < -0.3 is 9.64 Å². The highest BCUT2D eigenvalue weighted by atomic mass is 79.9. The predicted octanol–water partition coefficient (Wildman–Crippen LogP) is 2.74. The number of ether oxygens (including phenoxy) is 1. The lowest BCUT2D eigenvalue weighted by molar-refractivity contribution is 0.0627. The first-order valence-corrected chi connectivity index (χ1v) is 9.36. The third-order valence-corrected chi connectivity index (χ3v) is 5.24. The van der Waals surface area contributed by atoms with Crippen LogP contribution < -0.4 is 4.74 Å². The van der Waals surface area contributed by atoms with Crippen molar-refractivity contribution in [3.05, 3.63) is 57.8 Å². The normalized spacial score (nSPS) is 17.2. The van der Waals surface area contributed by atoms with E-state index in [1.165, 1.54) is 0 Å². The van der Waals surface area contributed by atoms with E-state index in [1.807, 2.05) is 41.4 Å². The number of nitrogens with zero attached hydrogens (tertiary/aromatic N) is 3. The van der Waals surface area contributed by atoms with Crippen molar-refractivity contribution in [3.63, 3.8) is 0 Å². The summed E-state index contributed by atoms with van der Waals surface area (Å²) in [6, 6.07) is 9.84. The Bertz CT molecular complexity index is 771. The molecule has 1 aromatic carbocycles. The molecule has 2 aromatic rings. The number of carbonyl (C=O) groups excluding carboxylic acids is 1. The van der Waals surface area contributed by atoms with Gasteiger partial charge in [-0.3, -0.25) is 14.7 Å². The second-order valence-electron chi connectivity index (χ2n) is 6.46. The van der Waals surface area contributed by atoms with Crippen LogP contribution in [0.2, 0.25) is 0 Å². The molecule has 2 aliphatic heterocycles. The summed E-state index contributed by atoms with van der Waals surface area (Å²) in [5.74, 6) is 1.04. The summed E-state index contributed by atoms with van der Waals surface area (Å²) >= 11 is 3.41. The van der Waals surface area contributed by atoms with Crippen LogP contribution in [0, 0.1) is 0 Å². The minimum absolute atomic E-state index is 0.121. The number of amides is 1. The summed E-state index contributed by atoms with van der Waals surface area (Å²) < 4.78 is 6.51. The minimum atomic E-state index is 0.121. The van der Waals surface area contributed by atoms with E-state index < -0.39 is 0 Å². The molecule has 6 heteroatoms. The van der Waals surface area contributed by atoms with Gasteiger partial charge in [-0.15, -0.1) is 0 Å². The molecule has 130 valence electrons. The van der Waals surface area contributed by atoms with Crippen LogP contribution in [0.25, 0.3) is 0 Å². The Morgan fingerprint density at radius 1 is 1.16 bits per heavy atom. The number of piperazine rings is 1. The number of benzene rings is 1. The van der Waals surface area contributed by atoms with Crippen LogP contribution in [0.5, 0.6) is 5.75 Å². The molecule has 0 spiro atoms. The van der Waals surface area contributed by atoms with Crippen molar-refractivity contribution in [2.75, 3.05) is 32.8 Å². The van der Waals surface area contributed by atoms with Gasteiger partial charge in [-0.2, -0.15) is 0 Å². The van der Waals surface area contributed by atoms with Gasteiger partial charge in [-0.25, -0.2) is 0 Å². The first-order valence-electron chi connectivity index (χ1n) is 8.57. The average Bonchev–Trinajstić information content (AvgIpc) is 3.11. The summed E-state index contributed by atoms with van der Waals surface area (Å²) in [5.41, 5.74) is 2.97. The van der Waals surface area contributed by atoms with E-state index in [0.717, 1.165) is 72.8 Å². The summed E-state index contributed by atoms with van der Waals surface area (Å²) in [4.78, 5) is 21.5. The molecule has 0 N–H and O–H groups in total. The van der Waals surface area contributed by atoms with Gasteiger partial charge in [0.25, 0.3) is 5.91 Å².